The molecule has 9 heteroatoms. The lowest BCUT2D eigenvalue weighted by atomic mass is 9.75. The highest BCUT2D eigenvalue weighted by Gasteiger charge is 2.37. The third-order valence-corrected chi connectivity index (χ3v) is 21.5. The topological polar surface area (TPSA) is 29.2 Å². The Morgan fingerprint density at radius 3 is 0.677 bits per heavy atom. The van der Waals surface area contributed by atoms with Crippen molar-refractivity contribution in [2.24, 2.45) is 28.1 Å². The minimum atomic E-state index is 0. The molecule has 0 aliphatic heterocycles. The zero-order chi connectivity index (χ0) is 75.5. The van der Waals surface area contributed by atoms with Gasteiger partial charge >= 0.3 is 0 Å². The molecular weight excluding hydrogens is 1130 g/mol. The summed E-state index contributed by atoms with van der Waals surface area (Å²) in [7, 11) is 19.6. The summed E-state index contributed by atoms with van der Waals surface area (Å²) in [5, 5.41) is 0. The lowest BCUT2D eigenvalue weighted by Gasteiger charge is -2.48. The minimum Gasteiger partial charge on any atom is -0.303 e. The van der Waals surface area contributed by atoms with Crippen molar-refractivity contribution in [2.45, 2.75) is 461 Å². The van der Waals surface area contributed by atoms with E-state index in [0.29, 0.717) is 111 Å². The van der Waals surface area contributed by atoms with Gasteiger partial charge in [-0.25, -0.2) is 0 Å². The summed E-state index contributed by atoms with van der Waals surface area (Å²) in [6.07, 6.45) is 2.45. The number of nitrogens with zero attached hydrogens (tertiary/aromatic N) is 9. The summed E-state index contributed by atoms with van der Waals surface area (Å²) >= 11 is 0. The largest absolute Gasteiger partial charge is 0.303 e. The second kappa shape index (κ2) is 55.3. The molecule has 582 valence electrons. The SMILES string of the molecule is C.C.C.CC(C)C(C)N(C)C(C)C.CC(C)N(C)C(C)(C)C.CC(C)N(C)C(C)(C)C(C)(C)C.CC(C)N(C)C(C)(C)C(C)C.CC(C)N(C)C(C)C.CC(C)N(C)C(C)C(C)(C)C.CC(C)N(C)CC(C)(C)C.CCC(C)(C)N(C)C(C)C.CCC(C)N(C)C(C)C. The summed E-state index contributed by atoms with van der Waals surface area (Å²) in [6.45, 7) is 107. The maximum atomic E-state index is 2.44. The molecule has 0 N–H and O–H groups in total. The molecular formula is C84H201N9. The quantitative estimate of drug-likeness (QED) is 0.111. The molecule has 0 aliphatic carbocycles. The summed E-state index contributed by atoms with van der Waals surface area (Å²) in [4.78, 5) is 21.6. The van der Waals surface area contributed by atoms with Gasteiger partial charge in [-0.2, -0.15) is 0 Å². The van der Waals surface area contributed by atoms with Gasteiger partial charge in [0.1, 0.15) is 0 Å². The van der Waals surface area contributed by atoms with Gasteiger partial charge in [-0.1, -0.05) is 126 Å². The Morgan fingerprint density at radius 1 is 0.312 bits per heavy atom. The first kappa shape index (κ1) is 120. The standard InChI is InChI=1S/C11H25N.2C10H23N.3C9H21N.2C8H19N.C7H17N.3CH4/c1-9(2)12(8)11(6,7)10(3,4)5;1-8(2)11(7)9(3)10(4,5)6;1-8(2)10(5,6)11(7)9(3)4;1-8(2)10(6)7-9(3,4)5;1-7-9(4,5)10(6)8(2)3;1-7(2)9(5)10(6)8(3)4;1-7(2)9(6)8(3,4)5;1-6-8(4)9(5)7(2)3;1-6(2)8(5)7(3)4;;;/h9H,1-8H3;2*8-9H,1-7H3;2*8H,7H2,1-6H3;7-9H,1-6H3;7H,1-6H3;7-8H,6H2,1-5H3;6-7H,1-5H3;3*1H4. The van der Waals surface area contributed by atoms with Crippen molar-refractivity contribution in [2.75, 3.05) is 70.0 Å². The molecule has 0 aromatic heterocycles. The Morgan fingerprint density at radius 2 is 0.602 bits per heavy atom. The fourth-order valence-electron chi connectivity index (χ4n) is 8.29. The van der Waals surface area contributed by atoms with Crippen molar-refractivity contribution in [1.29, 1.82) is 0 Å². The predicted octanol–water partition coefficient (Wildman–Crippen LogP) is 23.8. The molecule has 0 bridgehead atoms. The van der Waals surface area contributed by atoms with Crippen LogP contribution in [0.5, 0.6) is 0 Å². The third kappa shape index (κ3) is 60.2. The van der Waals surface area contributed by atoms with Crippen molar-refractivity contribution in [3.8, 4) is 0 Å². The van der Waals surface area contributed by atoms with E-state index in [1.54, 1.807) is 0 Å². The second-order valence-corrected chi connectivity index (χ2v) is 36.8. The molecule has 0 aromatic carbocycles. The van der Waals surface area contributed by atoms with Crippen LogP contribution in [0.4, 0.5) is 0 Å². The minimum absolute atomic E-state index is 0. The highest BCUT2D eigenvalue weighted by Crippen LogP contribution is 2.35. The first-order valence-electron chi connectivity index (χ1n) is 36.9. The molecule has 0 rings (SSSR count). The number of hydrogen-bond donors (Lipinski definition) is 0. The van der Waals surface area contributed by atoms with Crippen LogP contribution < -0.4 is 0 Å². The predicted molar refractivity (Wildman–Crippen MR) is 445 cm³/mol. The van der Waals surface area contributed by atoms with Gasteiger partial charge in [0.15, 0.2) is 0 Å². The molecule has 9 nitrogen and oxygen atoms in total. The van der Waals surface area contributed by atoms with Gasteiger partial charge in [0.25, 0.3) is 0 Å². The van der Waals surface area contributed by atoms with E-state index in [-0.39, 0.29) is 27.8 Å². The van der Waals surface area contributed by atoms with Crippen molar-refractivity contribution in [1.82, 2.24) is 44.1 Å². The van der Waals surface area contributed by atoms with Crippen LogP contribution in [-0.4, -0.2) is 215 Å². The number of rotatable bonds is 21. The van der Waals surface area contributed by atoms with Crippen molar-refractivity contribution < 1.29 is 0 Å². The highest BCUT2D eigenvalue weighted by atomic mass is 15.2. The van der Waals surface area contributed by atoms with Crippen LogP contribution in [0.15, 0.2) is 0 Å². The normalized spacial score (nSPS) is 13.6. The van der Waals surface area contributed by atoms with Gasteiger partial charge in [0, 0.05) is 107 Å². The van der Waals surface area contributed by atoms with Crippen molar-refractivity contribution >= 4 is 0 Å². The first-order valence-corrected chi connectivity index (χ1v) is 36.9. The Hall–Kier alpha value is -0.360. The highest BCUT2D eigenvalue weighted by molar-refractivity contribution is 4.92. The van der Waals surface area contributed by atoms with Gasteiger partial charge in [-0.3, -0.25) is 19.6 Å². The van der Waals surface area contributed by atoms with E-state index in [9.17, 15) is 0 Å². The van der Waals surface area contributed by atoms with Crippen LogP contribution in [-0.2, 0) is 0 Å². The first-order chi connectivity index (χ1) is 39.4. The van der Waals surface area contributed by atoms with E-state index in [1.165, 1.54) is 19.4 Å². The zero-order valence-corrected chi connectivity index (χ0v) is 74.3. The number of hydrogen-bond acceptors (Lipinski definition) is 9. The van der Waals surface area contributed by atoms with Crippen LogP contribution >= 0.6 is 0 Å². The second-order valence-electron chi connectivity index (χ2n) is 36.8. The van der Waals surface area contributed by atoms with Gasteiger partial charge in [0.05, 0.1) is 0 Å². The molecule has 0 heterocycles. The Labute approximate surface area is 600 Å². The molecule has 0 fully saturated rings. The molecule has 0 spiro atoms. The van der Waals surface area contributed by atoms with Crippen molar-refractivity contribution in [3.63, 3.8) is 0 Å². The lowest BCUT2D eigenvalue weighted by molar-refractivity contribution is 0.0210. The maximum absolute atomic E-state index is 2.44. The Balaban J connectivity index is -0.0000000792. The van der Waals surface area contributed by atoms with Crippen LogP contribution in [0.3, 0.4) is 0 Å². The van der Waals surface area contributed by atoms with Gasteiger partial charge < -0.3 is 24.5 Å². The molecule has 0 aromatic rings. The summed E-state index contributed by atoms with van der Waals surface area (Å²) < 4.78 is 0. The van der Waals surface area contributed by atoms with E-state index >= 15 is 0 Å². The third-order valence-electron chi connectivity index (χ3n) is 21.5. The van der Waals surface area contributed by atoms with E-state index in [1.807, 2.05) is 0 Å². The summed E-state index contributed by atoms with van der Waals surface area (Å²) in [6, 6.07) is 8.60. The van der Waals surface area contributed by atoms with Gasteiger partial charge in [-0.15, -0.1) is 0 Å². The Kier molecular flexibility index (Phi) is 71.2. The zero-order valence-electron chi connectivity index (χ0n) is 74.3. The van der Waals surface area contributed by atoms with E-state index in [4.69, 9.17) is 0 Å². The molecule has 3 unspecified atom stereocenters. The average Bonchev–Trinajstić information content (AvgIpc) is 3.37. The molecule has 0 aliphatic rings. The summed E-state index contributed by atoms with van der Waals surface area (Å²) in [5.41, 5.74) is 2.38. The maximum Gasteiger partial charge on any atom is 0.0201 e. The molecule has 0 amide bonds. The fourth-order valence-corrected chi connectivity index (χ4v) is 8.29. The fraction of sp³-hybridized carbons (Fsp3) is 1.00. The van der Waals surface area contributed by atoms with Crippen LogP contribution in [0.25, 0.3) is 0 Å². The molecule has 0 radical (unpaired) electrons. The molecule has 0 saturated carbocycles. The Bertz CT molecular complexity index is 1560. The molecule has 93 heavy (non-hydrogen) atoms. The average molecular weight is 1340 g/mol. The molecule has 3 atom stereocenters. The monoisotopic (exact) mass is 1340 g/mol. The summed E-state index contributed by atoms with van der Waals surface area (Å²) in [5.74, 6) is 1.46. The van der Waals surface area contributed by atoms with E-state index in [2.05, 4.69) is 433 Å². The van der Waals surface area contributed by atoms with Crippen LogP contribution in [0, 0.1) is 28.1 Å². The van der Waals surface area contributed by atoms with Gasteiger partial charge in [-0.05, 0) is 326 Å². The van der Waals surface area contributed by atoms with Crippen LogP contribution in [0.1, 0.15) is 361 Å². The van der Waals surface area contributed by atoms with Crippen LogP contribution in [0.2, 0.25) is 0 Å². The van der Waals surface area contributed by atoms with E-state index in [0.717, 1.165) is 12.0 Å². The smallest absolute Gasteiger partial charge is 0.0201 e. The molecule has 0 saturated heterocycles. The van der Waals surface area contributed by atoms with Gasteiger partial charge in [0.2, 0.25) is 0 Å². The lowest BCUT2D eigenvalue weighted by Crippen LogP contribution is -2.53. The van der Waals surface area contributed by atoms with E-state index < -0.39 is 0 Å². The van der Waals surface area contributed by atoms with Crippen molar-refractivity contribution in [3.05, 3.63) is 0 Å².